The Morgan fingerprint density at radius 1 is 1.12 bits per heavy atom. The number of hydrogen-bond donors (Lipinski definition) is 2. The van der Waals surface area contributed by atoms with E-state index in [1.807, 2.05) is 53.9 Å². The number of benzene rings is 2. The number of nitrogens with one attached hydrogen (secondary N) is 2. The van der Waals surface area contributed by atoms with E-state index in [0.29, 0.717) is 0 Å². The van der Waals surface area contributed by atoms with E-state index in [1.165, 1.54) is 18.3 Å². The van der Waals surface area contributed by atoms with Crippen LogP contribution in [-0.2, 0) is 4.79 Å². The Morgan fingerprint density at radius 3 is 2.71 bits per heavy atom. The number of para-hydroxylation sites is 1. The van der Waals surface area contributed by atoms with Crippen molar-refractivity contribution in [2.75, 3.05) is 17.7 Å². The maximum absolute atomic E-state index is 11.1. The third-order valence-corrected chi connectivity index (χ3v) is 4.08. The van der Waals surface area contributed by atoms with Crippen LogP contribution in [0.5, 0.6) is 5.75 Å². The van der Waals surface area contributed by atoms with E-state index in [9.17, 15) is 4.79 Å². The van der Waals surface area contributed by atoms with Crippen LogP contribution in [0.15, 0.2) is 53.9 Å². The summed E-state index contributed by atoms with van der Waals surface area (Å²) in [6.45, 7) is 1.49. The highest BCUT2D eigenvalue weighted by molar-refractivity contribution is 7.14. The number of thiazole rings is 1. The van der Waals surface area contributed by atoms with Gasteiger partial charge in [0.2, 0.25) is 5.91 Å². The summed E-state index contributed by atoms with van der Waals surface area (Å²) >= 11 is 1.51. The van der Waals surface area contributed by atoms with Crippen LogP contribution in [0.4, 0.5) is 16.5 Å². The zero-order chi connectivity index (χ0) is 16.9. The molecule has 24 heavy (non-hydrogen) atoms. The number of aromatic nitrogens is 1. The summed E-state index contributed by atoms with van der Waals surface area (Å²) in [5, 5.41) is 8.78. The summed E-state index contributed by atoms with van der Waals surface area (Å²) in [6, 6.07) is 15.3. The van der Waals surface area contributed by atoms with Gasteiger partial charge in [0, 0.05) is 29.2 Å². The van der Waals surface area contributed by atoms with Gasteiger partial charge in [-0.15, -0.1) is 11.3 Å². The molecule has 0 atom stereocenters. The van der Waals surface area contributed by atoms with Crippen LogP contribution in [0.1, 0.15) is 6.92 Å². The van der Waals surface area contributed by atoms with Crippen molar-refractivity contribution in [1.82, 2.24) is 4.98 Å². The Labute approximate surface area is 144 Å². The van der Waals surface area contributed by atoms with E-state index in [4.69, 9.17) is 4.74 Å². The summed E-state index contributed by atoms with van der Waals surface area (Å²) in [4.78, 5) is 15.8. The molecule has 0 saturated heterocycles. The minimum absolute atomic E-state index is 0.0974. The predicted octanol–water partition coefficient (Wildman–Crippen LogP) is 4.52. The number of ether oxygens (including phenoxy) is 1. The second-order valence-corrected chi connectivity index (χ2v) is 5.98. The molecule has 0 unspecified atom stereocenters. The number of nitrogens with zero attached hydrogens (tertiary/aromatic N) is 1. The van der Waals surface area contributed by atoms with E-state index < -0.39 is 0 Å². The highest BCUT2D eigenvalue weighted by Gasteiger charge is 2.09. The number of methoxy groups -OCH3 is 1. The first kappa shape index (κ1) is 16.0. The minimum Gasteiger partial charge on any atom is -0.496 e. The molecule has 0 spiro atoms. The van der Waals surface area contributed by atoms with Crippen molar-refractivity contribution in [2.24, 2.45) is 0 Å². The Balaban J connectivity index is 1.80. The lowest BCUT2D eigenvalue weighted by atomic mass is 10.1. The van der Waals surface area contributed by atoms with E-state index >= 15 is 0 Å². The van der Waals surface area contributed by atoms with Crippen molar-refractivity contribution in [3.8, 4) is 17.0 Å². The summed E-state index contributed by atoms with van der Waals surface area (Å²) in [7, 11) is 1.65. The molecule has 3 rings (SSSR count). The van der Waals surface area contributed by atoms with Crippen molar-refractivity contribution in [1.29, 1.82) is 0 Å². The van der Waals surface area contributed by atoms with Crippen LogP contribution in [-0.4, -0.2) is 18.0 Å². The fourth-order valence-electron chi connectivity index (χ4n) is 2.31. The van der Waals surface area contributed by atoms with Crippen molar-refractivity contribution in [3.63, 3.8) is 0 Å². The Morgan fingerprint density at radius 2 is 1.92 bits per heavy atom. The summed E-state index contributed by atoms with van der Waals surface area (Å²) in [5.41, 5.74) is 3.42. The fraction of sp³-hybridized carbons (Fsp3) is 0.111. The highest BCUT2D eigenvalue weighted by Crippen LogP contribution is 2.33. The van der Waals surface area contributed by atoms with Gasteiger partial charge in [-0.1, -0.05) is 18.2 Å². The molecule has 3 aromatic rings. The molecule has 6 heteroatoms. The van der Waals surface area contributed by atoms with Gasteiger partial charge in [-0.05, 0) is 30.3 Å². The van der Waals surface area contributed by atoms with Gasteiger partial charge in [0.1, 0.15) is 5.75 Å². The molecule has 1 aromatic heterocycles. The summed E-state index contributed by atoms with van der Waals surface area (Å²) in [5.74, 6) is 0.696. The standard InChI is InChI=1S/C18H17N3O2S/c1-12(22)19-13-6-5-7-14(10-13)20-18-21-16(11-24-18)15-8-3-4-9-17(15)23-2/h3-11H,1-2H3,(H,19,22)(H,20,21). The third-order valence-electron chi connectivity index (χ3n) is 3.32. The van der Waals surface area contributed by atoms with E-state index in [0.717, 1.165) is 33.5 Å². The molecule has 0 aliphatic heterocycles. The molecule has 2 N–H and O–H groups in total. The van der Waals surface area contributed by atoms with Crippen LogP contribution < -0.4 is 15.4 Å². The number of amides is 1. The molecule has 5 nitrogen and oxygen atoms in total. The number of carbonyl (C=O) groups excluding carboxylic acids is 1. The maximum atomic E-state index is 11.1. The molecular formula is C18H17N3O2S. The molecule has 0 radical (unpaired) electrons. The molecular weight excluding hydrogens is 322 g/mol. The first-order valence-electron chi connectivity index (χ1n) is 7.39. The van der Waals surface area contributed by atoms with Gasteiger partial charge in [0.05, 0.1) is 12.8 Å². The van der Waals surface area contributed by atoms with Gasteiger partial charge in [-0.25, -0.2) is 4.98 Å². The van der Waals surface area contributed by atoms with Gasteiger partial charge in [0.25, 0.3) is 0 Å². The predicted molar refractivity (Wildman–Crippen MR) is 98.1 cm³/mol. The molecule has 0 aliphatic rings. The van der Waals surface area contributed by atoms with Gasteiger partial charge in [0.15, 0.2) is 5.13 Å². The fourth-order valence-corrected chi connectivity index (χ4v) is 3.04. The monoisotopic (exact) mass is 339 g/mol. The van der Waals surface area contributed by atoms with E-state index in [-0.39, 0.29) is 5.91 Å². The zero-order valence-electron chi connectivity index (χ0n) is 13.4. The Bertz CT molecular complexity index is 861. The van der Waals surface area contributed by atoms with Crippen molar-refractivity contribution < 1.29 is 9.53 Å². The Hall–Kier alpha value is -2.86. The average Bonchev–Trinajstić information content (AvgIpc) is 3.03. The lowest BCUT2D eigenvalue weighted by molar-refractivity contribution is -0.114. The lowest BCUT2D eigenvalue weighted by Gasteiger charge is -2.07. The van der Waals surface area contributed by atoms with Gasteiger partial charge in [-0.3, -0.25) is 4.79 Å². The normalized spacial score (nSPS) is 10.2. The molecule has 0 saturated carbocycles. The van der Waals surface area contributed by atoms with E-state index in [1.54, 1.807) is 7.11 Å². The first-order chi connectivity index (χ1) is 11.7. The van der Waals surface area contributed by atoms with Crippen LogP contribution in [0.25, 0.3) is 11.3 Å². The van der Waals surface area contributed by atoms with Crippen molar-refractivity contribution >= 4 is 33.8 Å². The van der Waals surface area contributed by atoms with Crippen LogP contribution in [0, 0.1) is 0 Å². The number of anilines is 3. The quantitative estimate of drug-likeness (QED) is 0.717. The van der Waals surface area contributed by atoms with Crippen molar-refractivity contribution in [2.45, 2.75) is 6.92 Å². The maximum Gasteiger partial charge on any atom is 0.221 e. The second kappa shape index (κ2) is 7.14. The largest absolute Gasteiger partial charge is 0.496 e. The molecule has 122 valence electrons. The van der Waals surface area contributed by atoms with Crippen LogP contribution in [0.3, 0.4) is 0 Å². The van der Waals surface area contributed by atoms with Gasteiger partial charge < -0.3 is 15.4 Å². The van der Waals surface area contributed by atoms with Gasteiger partial charge in [-0.2, -0.15) is 0 Å². The Kier molecular flexibility index (Phi) is 4.77. The topological polar surface area (TPSA) is 63.2 Å². The third kappa shape index (κ3) is 3.72. The van der Waals surface area contributed by atoms with Gasteiger partial charge >= 0.3 is 0 Å². The molecule has 1 amide bonds. The first-order valence-corrected chi connectivity index (χ1v) is 8.27. The molecule has 1 heterocycles. The molecule has 0 fully saturated rings. The van der Waals surface area contributed by atoms with E-state index in [2.05, 4.69) is 15.6 Å². The number of hydrogen-bond acceptors (Lipinski definition) is 5. The second-order valence-electron chi connectivity index (χ2n) is 5.13. The molecule has 0 aliphatic carbocycles. The summed E-state index contributed by atoms with van der Waals surface area (Å²) in [6.07, 6.45) is 0. The number of carbonyl (C=O) groups is 1. The van der Waals surface area contributed by atoms with Crippen LogP contribution in [0.2, 0.25) is 0 Å². The molecule has 0 bridgehead atoms. The highest BCUT2D eigenvalue weighted by atomic mass is 32.1. The number of rotatable bonds is 5. The van der Waals surface area contributed by atoms with Crippen LogP contribution >= 0.6 is 11.3 Å². The SMILES string of the molecule is COc1ccccc1-c1csc(Nc2cccc(NC(C)=O)c2)n1. The average molecular weight is 339 g/mol. The zero-order valence-corrected chi connectivity index (χ0v) is 14.2. The smallest absolute Gasteiger partial charge is 0.221 e. The summed E-state index contributed by atoms with van der Waals surface area (Å²) < 4.78 is 5.38. The van der Waals surface area contributed by atoms with Crippen molar-refractivity contribution in [3.05, 3.63) is 53.9 Å². The minimum atomic E-state index is -0.0974. The lowest BCUT2D eigenvalue weighted by Crippen LogP contribution is -2.05. The molecule has 2 aromatic carbocycles.